The van der Waals surface area contributed by atoms with E-state index >= 15 is 0 Å². The number of aromatic nitrogens is 2. The largest absolute Gasteiger partial charge is 0.508 e. The highest BCUT2D eigenvalue weighted by Gasteiger charge is 2.22. The summed E-state index contributed by atoms with van der Waals surface area (Å²) in [6, 6.07) is 23.1. The summed E-state index contributed by atoms with van der Waals surface area (Å²) in [5.41, 5.74) is 6.15. The second kappa shape index (κ2) is 11.1. The third-order valence-electron chi connectivity index (χ3n) is 7.18. The molecule has 6 heteroatoms. The number of nitrogens with one attached hydrogen (secondary N) is 1. The van der Waals surface area contributed by atoms with Crippen LogP contribution in [0.2, 0.25) is 0 Å². The van der Waals surface area contributed by atoms with Gasteiger partial charge in [0.05, 0.1) is 17.9 Å². The predicted octanol–water partition coefficient (Wildman–Crippen LogP) is 6.15. The van der Waals surface area contributed by atoms with Crippen LogP contribution < -0.4 is 10.1 Å². The van der Waals surface area contributed by atoms with E-state index in [0.717, 1.165) is 58.8 Å². The molecule has 0 radical (unpaired) electrons. The molecule has 2 atom stereocenters. The molecule has 3 aromatic carbocycles. The summed E-state index contributed by atoms with van der Waals surface area (Å²) in [4.78, 5) is 0. The Morgan fingerprint density at radius 1 is 0.919 bits per heavy atom. The van der Waals surface area contributed by atoms with E-state index < -0.39 is 0 Å². The first-order valence-electron chi connectivity index (χ1n) is 13.2. The van der Waals surface area contributed by atoms with E-state index in [2.05, 4.69) is 31.3 Å². The first-order valence-corrected chi connectivity index (χ1v) is 13.2. The highest BCUT2D eigenvalue weighted by molar-refractivity contribution is 5.75. The maximum absolute atomic E-state index is 9.85. The number of aromatic hydroxyl groups is 2. The van der Waals surface area contributed by atoms with E-state index in [1.54, 1.807) is 24.3 Å². The molecule has 0 spiro atoms. The molecule has 3 N–H and O–H groups in total. The van der Waals surface area contributed by atoms with Crippen LogP contribution in [0.4, 0.5) is 0 Å². The molecule has 2 unspecified atom stereocenters. The Labute approximate surface area is 218 Å². The Morgan fingerprint density at radius 3 is 2.16 bits per heavy atom. The smallest absolute Gasteiger partial charge is 0.119 e. The zero-order valence-corrected chi connectivity index (χ0v) is 21.5. The van der Waals surface area contributed by atoms with Gasteiger partial charge in [0.25, 0.3) is 0 Å². The molecule has 0 saturated carbocycles. The molecule has 1 fully saturated rings. The number of phenolic OH excluding ortho intramolecular Hbond substituents is 2. The summed E-state index contributed by atoms with van der Waals surface area (Å²) < 4.78 is 8.28. The third-order valence-corrected chi connectivity index (χ3v) is 7.18. The Kier molecular flexibility index (Phi) is 7.47. The van der Waals surface area contributed by atoms with Gasteiger partial charge in [0.15, 0.2) is 0 Å². The molecule has 192 valence electrons. The zero-order chi connectivity index (χ0) is 25.8. The van der Waals surface area contributed by atoms with Crippen molar-refractivity contribution < 1.29 is 14.9 Å². The van der Waals surface area contributed by atoms with Crippen molar-refractivity contribution in [2.45, 2.75) is 58.2 Å². The van der Waals surface area contributed by atoms with Crippen molar-refractivity contribution in [3.8, 4) is 39.8 Å². The van der Waals surface area contributed by atoms with Gasteiger partial charge >= 0.3 is 0 Å². The third kappa shape index (κ3) is 5.65. The number of hydrogen-bond acceptors (Lipinski definition) is 5. The lowest BCUT2D eigenvalue weighted by Gasteiger charge is -2.29. The zero-order valence-electron chi connectivity index (χ0n) is 21.5. The van der Waals surface area contributed by atoms with Crippen molar-refractivity contribution >= 4 is 0 Å². The number of ether oxygens (including phenoxy) is 1. The fourth-order valence-corrected chi connectivity index (χ4v) is 5.16. The summed E-state index contributed by atoms with van der Waals surface area (Å²) in [6.45, 7) is 5.93. The molecule has 0 amide bonds. The monoisotopic (exact) mass is 497 g/mol. The molecule has 1 saturated heterocycles. The highest BCUT2D eigenvalue weighted by Crippen LogP contribution is 2.34. The molecular weight excluding hydrogens is 462 g/mol. The van der Waals surface area contributed by atoms with Gasteiger partial charge in [-0.15, -0.1) is 0 Å². The van der Waals surface area contributed by atoms with E-state index in [-0.39, 0.29) is 17.6 Å². The van der Waals surface area contributed by atoms with Gasteiger partial charge < -0.3 is 20.3 Å². The Morgan fingerprint density at radius 2 is 1.57 bits per heavy atom. The standard InChI is InChI=1S/C31H35N3O3/c1-3-28-30(23-9-13-25(35)14-10-23)33-34(31(28)24-11-15-26(36)16-12-24)20-22-7-17-27(18-8-22)37-21(2)29-6-4-5-19-32-29/h7-18,21,29,32,35-36H,3-6,19-20H2,1-2H3. The molecule has 37 heavy (non-hydrogen) atoms. The number of hydrogen-bond donors (Lipinski definition) is 3. The maximum Gasteiger partial charge on any atom is 0.119 e. The molecule has 6 nitrogen and oxygen atoms in total. The van der Waals surface area contributed by atoms with E-state index in [0.29, 0.717) is 12.6 Å². The number of rotatable bonds is 8. The first-order chi connectivity index (χ1) is 18.0. The molecule has 2 heterocycles. The maximum atomic E-state index is 9.85. The van der Waals surface area contributed by atoms with Gasteiger partial charge in [-0.05, 0) is 99.0 Å². The van der Waals surface area contributed by atoms with Crippen LogP contribution >= 0.6 is 0 Å². The van der Waals surface area contributed by atoms with Gasteiger partial charge in [-0.1, -0.05) is 25.5 Å². The van der Waals surface area contributed by atoms with Crippen molar-refractivity contribution in [1.82, 2.24) is 15.1 Å². The Bertz CT molecular complexity index is 1310. The summed E-state index contributed by atoms with van der Waals surface area (Å²) in [5.74, 6) is 1.35. The Balaban J connectivity index is 1.44. The van der Waals surface area contributed by atoms with Crippen LogP contribution in [0.3, 0.4) is 0 Å². The summed E-state index contributed by atoms with van der Waals surface area (Å²) in [7, 11) is 0. The van der Waals surface area contributed by atoms with Crippen LogP contribution in [0.25, 0.3) is 22.5 Å². The van der Waals surface area contributed by atoms with Crippen LogP contribution in [0.15, 0.2) is 72.8 Å². The van der Waals surface area contributed by atoms with Crippen molar-refractivity contribution in [3.63, 3.8) is 0 Å². The van der Waals surface area contributed by atoms with Gasteiger partial charge in [-0.25, -0.2) is 0 Å². The van der Waals surface area contributed by atoms with Crippen LogP contribution in [-0.4, -0.2) is 38.7 Å². The van der Waals surface area contributed by atoms with Crippen molar-refractivity contribution in [2.24, 2.45) is 0 Å². The molecule has 0 aliphatic carbocycles. The minimum Gasteiger partial charge on any atom is -0.508 e. The van der Waals surface area contributed by atoms with Crippen molar-refractivity contribution in [3.05, 3.63) is 83.9 Å². The van der Waals surface area contributed by atoms with Gasteiger partial charge in [0.2, 0.25) is 0 Å². The van der Waals surface area contributed by atoms with Gasteiger partial charge in [-0.2, -0.15) is 5.10 Å². The minimum absolute atomic E-state index is 0.123. The SMILES string of the molecule is CCc1c(-c2ccc(O)cc2)nn(Cc2ccc(OC(C)C3CCCCN3)cc2)c1-c1ccc(O)cc1. The molecule has 5 rings (SSSR count). The van der Waals surface area contributed by atoms with E-state index in [1.807, 2.05) is 41.1 Å². The van der Waals surface area contributed by atoms with E-state index in [4.69, 9.17) is 9.84 Å². The number of nitrogens with zero attached hydrogens (tertiary/aromatic N) is 2. The lowest BCUT2D eigenvalue weighted by Crippen LogP contribution is -2.44. The van der Waals surface area contributed by atoms with Gasteiger partial charge in [0.1, 0.15) is 23.4 Å². The van der Waals surface area contributed by atoms with Gasteiger partial charge in [0, 0.05) is 22.7 Å². The normalized spacial score (nSPS) is 16.4. The second-order valence-corrected chi connectivity index (χ2v) is 9.80. The minimum atomic E-state index is 0.123. The average Bonchev–Trinajstić information content (AvgIpc) is 3.29. The molecular formula is C31H35N3O3. The Hall–Kier alpha value is -3.77. The molecule has 1 aliphatic rings. The quantitative estimate of drug-likeness (QED) is 0.272. The summed E-state index contributed by atoms with van der Waals surface area (Å²) in [6.07, 6.45) is 4.57. The van der Waals surface area contributed by atoms with E-state index in [9.17, 15) is 10.2 Å². The summed E-state index contributed by atoms with van der Waals surface area (Å²) in [5, 5.41) is 28.2. The first kappa shape index (κ1) is 24.9. The van der Waals surface area contributed by atoms with Gasteiger partial charge in [-0.3, -0.25) is 4.68 Å². The van der Waals surface area contributed by atoms with Crippen LogP contribution in [-0.2, 0) is 13.0 Å². The van der Waals surface area contributed by atoms with Crippen molar-refractivity contribution in [2.75, 3.05) is 6.54 Å². The fraction of sp³-hybridized carbons (Fsp3) is 0.323. The fourth-order valence-electron chi connectivity index (χ4n) is 5.16. The van der Waals surface area contributed by atoms with Crippen LogP contribution in [0.5, 0.6) is 17.2 Å². The summed E-state index contributed by atoms with van der Waals surface area (Å²) >= 11 is 0. The molecule has 4 aromatic rings. The van der Waals surface area contributed by atoms with Crippen molar-refractivity contribution in [1.29, 1.82) is 0 Å². The van der Waals surface area contributed by atoms with E-state index in [1.165, 1.54) is 12.8 Å². The lowest BCUT2D eigenvalue weighted by molar-refractivity contribution is 0.152. The van der Waals surface area contributed by atoms with Crippen LogP contribution in [0, 0.1) is 0 Å². The molecule has 1 aromatic heterocycles. The number of benzene rings is 3. The van der Waals surface area contributed by atoms with Crippen LogP contribution in [0.1, 0.15) is 44.2 Å². The molecule has 0 bridgehead atoms. The average molecular weight is 498 g/mol. The predicted molar refractivity (Wildman–Crippen MR) is 147 cm³/mol. The molecule has 1 aliphatic heterocycles. The lowest BCUT2D eigenvalue weighted by atomic mass is 9.99. The topological polar surface area (TPSA) is 79.5 Å². The highest BCUT2D eigenvalue weighted by atomic mass is 16.5. The number of piperidine rings is 1. The second-order valence-electron chi connectivity index (χ2n) is 9.80. The number of phenols is 2.